The van der Waals surface area contributed by atoms with Gasteiger partial charge in [0.1, 0.15) is 0 Å². The van der Waals surface area contributed by atoms with Crippen molar-refractivity contribution < 1.29 is 0 Å². The predicted molar refractivity (Wildman–Crippen MR) is 52.6 cm³/mol. The standard InChI is InChI=1S/C11H20/c1-5-7-8-9-10-11(3,4)6-2/h5-6H,1-2,7-10H2,3-4H3. The normalized spacial score (nSPS) is 11.1. The molecule has 0 aromatic heterocycles. The SMILES string of the molecule is C=CCCCCC(C)(C)C=C. The molecule has 0 N–H and O–H groups in total. The van der Waals surface area contributed by atoms with Gasteiger partial charge in [-0.1, -0.05) is 32.4 Å². The summed E-state index contributed by atoms with van der Waals surface area (Å²) in [6.07, 6.45) is 8.96. The summed E-state index contributed by atoms with van der Waals surface area (Å²) < 4.78 is 0. The minimum Gasteiger partial charge on any atom is -0.103 e. The minimum absolute atomic E-state index is 0.321. The van der Waals surface area contributed by atoms with Crippen molar-refractivity contribution in [2.45, 2.75) is 39.5 Å². The topological polar surface area (TPSA) is 0 Å². The van der Waals surface area contributed by atoms with Crippen molar-refractivity contribution in [1.82, 2.24) is 0 Å². The highest BCUT2D eigenvalue weighted by Gasteiger charge is 2.10. The van der Waals surface area contributed by atoms with E-state index in [2.05, 4.69) is 27.0 Å². The molecule has 0 unspecified atom stereocenters. The maximum atomic E-state index is 3.81. The van der Waals surface area contributed by atoms with Crippen LogP contribution in [0.3, 0.4) is 0 Å². The van der Waals surface area contributed by atoms with Crippen LogP contribution in [-0.2, 0) is 0 Å². The van der Waals surface area contributed by atoms with Gasteiger partial charge in [0, 0.05) is 0 Å². The lowest BCUT2D eigenvalue weighted by atomic mass is 9.87. The third-order valence-corrected chi connectivity index (χ3v) is 2.03. The first kappa shape index (κ1) is 10.5. The molecule has 64 valence electrons. The summed E-state index contributed by atoms with van der Waals surface area (Å²) in [7, 11) is 0. The van der Waals surface area contributed by atoms with Crippen molar-refractivity contribution in [1.29, 1.82) is 0 Å². The monoisotopic (exact) mass is 152 g/mol. The summed E-state index contributed by atoms with van der Waals surface area (Å²) in [5.41, 5.74) is 0.321. The maximum absolute atomic E-state index is 3.81. The van der Waals surface area contributed by atoms with Gasteiger partial charge in [0.05, 0.1) is 0 Å². The lowest BCUT2D eigenvalue weighted by Crippen LogP contribution is -2.05. The molecule has 0 aliphatic rings. The molecule has 0 spiro atoms. The lowest BCUT2D eigenvalue weighted by Gasteiger charge is -2.18. The fourth-order valence-corrected chi connectivity index (χ4v) is 0.971. The molecule has 0 atom stereocenters. The number of allylic oxidation sites excluding steroid dienone is 2. The van der Waals surface area contributed by atoms with E-state index in [0.717, 1.165) is 6.42 Å². The van der Waals surface area contributed by atoms with Crippen LogP contribution in [0.25, 0.3) is 0 Å². The van der Waals surface area contributed by atoms with Crippen molar-refractivity contribution in [3.05, 3.63) is 25.3 Å². The van der Waals surface area contributed by atoms with Gasteiger partial charge in [-0.05, 0) is 24.7 Å². The highest BCUT2D eigenvalue weighted by Crippen LogP contribution is 2.24. The summed E-state index contributed by atoms with van der Waals surface area (Å²) >= 11 is 0. The lowest BCUT2D eigenvalue weighted by molar-refractivity contribution is 0.416. The molecule has 0 aliphatic carbocycles. The Balaban J connectivity index is 3.37. The molecular formula is C11H20. The first-order valence-electron chi connectivity index (χ1n) is 4.37. The van der Waals surface area contributed by atoms with E-state index < -0.39 is 0 Å². The van der Waals surface area contributed by atoms with E-state index in [9.17, 15) is 0 Å². The van der Waals surface area contributed by atoms with Crippen LogP contribution in [0.5, 0.6) is 0 Å². The summed E-state index contributed by atoms with van der Waals surface area (Å²) in [5.74, 6) is 0. The van der Waals surface area contributed by atoms with Crippen LogP contribution < -0.4 is 0 Å². The molecule has 0 nitrogen and oxygen atoms in total. The van der Waals surface area contributed by atoms with Crippen molar-refractivity contribution in [3.8, 4) is 0 Å². The summed E-state index contributed by atoms with van der Waals surface area (Å²) in [5, 5.41) is 0. The number of unbranched alkanes of at least 4 members (excludes halogenated alkanes) is 2. The molecular weight excluding hydrogens is 132 g/mol. The minimum atomic E-state index is 0.321. The molecule has 0 aliphatic heterocycles. The Hall–Kier alpha value is -0.520. The zero-order valence-corrected chi connectivity index (χ0v) is 7.90. The number of rotatable bonds is 6. The van der Waals surface area contributed by atoms with Crippen molar-refractivity contribution in [2.24, 2.45) is 5.41 Å². The average molecular weight is 152 g/mol. The highest BCUT2D eigenvalue weighted by molar-refractivity contribution is 4.87. The first-order valence-corrected chi connectivity index (χ1v) is 4.37. The molecule has 0 heteroatoms. The molecule has 0 saturated heterocycles. The Labute approximate surface area is 71.0 Å². The maximum Gasteiger partial charge on any atom is -0.0178 e. The van der Waals surface area contributed by atoms with Gasteiger partial charge >= 0.3 is 0 Å². The van der Waals surface area contributed by atoms with Crippen molar-refractivity contribution >= 4 is 0 Å². The number of hydrogen-bond donors (Lipinski definition) is 0. The largest absolute Gasteiger partial charge is 0.103 e. The zero-order chi connectivity index (χ0) is 8.74. The molecule has 0 amide bonds. The van der Waals surface area contributed by atoms with Crippen LogP contribution >= 0.6 is 0 Å². The predicted octanol–water partition coefficient (Wildman–Crippen LogP) is 3.95. The molecule has 0 aromatic rings. The second kappa shape index (κ2) is 5.17. The van der Waals surface area contributed by atoms with Gasteiger partial charge in [0.25, 0.3) is 0 Å². The van der Waals surface area contributed by atoms with E-state index >= 15 is 0 Å². The molecule has 0 saturated carbocycles. The van der Waals surface area contributed by atoms with E-state index in [-0.39, 0.29) is 0 Å². The highest BCUT2D eigenvalue weighted by atomic mass is 14.2. The Kier molecular flexibility index (Phi) is 4.93. The van der Waals surface area contributed by atoms with E-state index in [1.165, 1.54) is 19.3 Å². The van der Waals surface area contributed by atoms with Crippen molar-refractivity contribution in [3.63, 3.8) is 0 Å². The molecule has 0 bridgehead atoms. The van der Waals surface area contributed by atoms with Crippen molar-refractivity contribution in [2.75, 3.05) is 0 Å². The van der Waals surface area contributed by atoms with Crippen LogP contribution in [-0.4, -0.2) is 0 Å². The molecule has 0 aromatic carbocycles. The van der Waals surface area contributed by atoms with E-state index in [1.54, 1.807) is 0 Å². The fraction of sp³-hybridized carbons (Fsp3) is 0.636. The zero-order valence-electron chi connectivity index (χ0n) is 7.90. The quantitative estimate of drug-likeness (QED) is 0.399. The van der Waals surface area contributed by atoms with E-state index in [1.807, 2.05) is 12.2 Å². The van der Waals surface area contributed by atoms with Gasteiger partial charge in [0.2, 0.25) is 0 Å². The van der Waals surface area contributed by atoms with E-state index in [4.69, 9.17) is 0 Å². The second-order valence-electron chi connectivity index (χ2n) is 3.73. The molecule has 0 heterocycles. The molecule has 0 rings (SSSR count). The Morgan fingerprint density at radius 2 is 1.82 bits per heavy atom. The Morgan fingerprint density at radius 3 is 2.27 bits per heavy atom. The molecule has 0 radical (unpaired) electrons. The molecule has 11 heavy (non-hydrogen) atoms. The van der Waals surface area contributed by atoms with Crippen LogP contribution in [0.2, 0.25) is 0 Å². The van der Waals surface area contributed by atoms with Crippen LogP contribution in [0, 0.1) is 5.41 Å². The van der Waals surface area contributed by atoms with Gasteiger partial charge in [-0.3, -0.25) is 0 Å². The van der Waals surface area contributed by atoms with Gasteiger partial charge in [0.15, 0.2) is 0 Å². The Morgan fingerprint density at radius 1 is 1.18 bits per heavy atom. The van der Waals surface area contributed by atoms with Gasteiger partial charge < -0.3 is 0 Å². The third kappa shape index (κ3) is 5.90. The van der Waals surface area contributed by atoms with Crippen LogP contribution in [0.1, 0.15) is 39.5 Å². The second-order valence-corrected chi connectivity index (χ2v) is 3.73. The third-order valence-electron chi connectivity index (χ3n) is 2.03. The Bertz CT molecular complexity index is 120. The summed E-state index contributed by atoms with van der Waals surface area (Å²) in [6, 6.07) is 0. The van der Waals surface area contributed by atoms with Crippen LogP contribution in [0.4, 0.5) is 0 Å². The van der Waals surface area contributed by atoms with Crippen LogP contribution in [0.15, 0.2) is 25.3 Å². The summed E-state index contributed by atoms with van der Waals surface area (Å²) in [4.78, 5) is 0. The average Bonchev–Trinajstić information content (AvgIpc) is 1.99. The summed E-state index contributed by atoms with van der Waals surface area (Å²) in [6.45, 7) is 12.0. The number of hydrogen-bond acceptors (Lipinski definition) is 0. The molecule has 0 fully saturated rings. The van der Waals surface area contributed by atoms with Gasteiger partial charge in [-0.25, -0.2) is 0 Å². The fourth-order valence-electron chi connectivity index (χ4n) is 0.971. The van der Waals surface area contributed by atoms with Gasteiger partial charge in [-0.2, -0.15) is 0 Å². The smallest absolute Gasteiger partial charge is 0.0178 e. The first-order chi connectivity index (χ1) is 5.12. The van der Waals surface area contributed by atoms with E-state index in [0.29, 0.717) is 5.41 Å². The van der Waals surface area contributed by atoms with Gasteiger partial charge in [-0.15, -0.1) is 13.2 Å².